The number of hydrogen-bond donors (Lipinski definition) is 3. The van der Waals surface area contributed by atoms with Crippen LogP contribution in [0.3, 0.4) is 0 Å². The van der Waals surface area contributed by atoms with E-state index in [0.29, 0.717) is 5.56 Å². The molecule has 1 heterocycles. The number of non-ortho nitro benzene ring substituents is 1. The Labute approximate surface area is 113 Å². The minimum atomic E-state index is -1.20. The summed E-state index contributed by atoms with van der Waals surface area (Å²) in [4.78, 5) is 32.9. The van der Waals surface area contributed by atoms with Crippen LogP contribution in [-0.2, 0) is 4.79 Å². The molecule has 0 aromatic heterocycles. The highest BCUT2D eigenvalue weighted by atomic mass is 16.6. The molecule has 3 N–H and O–H groups in total. The fourth-order valence-corrected chi connectivity index (χ4v) is 2.05. The number of urea groups is 1. The first kappa shape index (κ1) is 13.5. The third kappa shape index (κ3) is 2.44. The maximum absolute atomic E-state index is 11.5. The van der Waals surface area contributed by atoms with Crippen molar-refractivity contribution in [1.29, 1.82) is 0 Å². The lowest BCUT2D eigenvalue weighted by molar-refractivity contribution is -0.384. The lowest BCUT2D eigenvalue weighted by Crippen LogP contribution is -2.45. The molecular formula is C12H11N3O5. The van der Waals surface area contributed by atoms with Crippen molar-refractivity contribution in [1.82, 2.24) is 10.6 Å². The largest absolute Gasteiger partial charge is 0.478 e. The molecule has 0 saturated carbocycles. The Morgan fingerprint density at radius 1 is 1.45 bits per heavy atom. The van der Waals surface area contributed by atoms with E-state index in [9.17, 15) is 24.8 Å². The van der Waals surface area contributed by atoms with Gasteiger partial charge in [-0.3, -0.25) is 10.1 Å². The van der Waals surface area contributed by atoms with Crippen molar-refractivity contribution < 1.29 is 19.6 Å². The van der Waals surface area contributed by atoms with Gasteiger partial charge in [-0.2, -0.15) is 0 Å². The van der Waals surface area contributed by atoms with Crippen LogP contribution in [0.1, 0.15) is 18.5 Å². The summed E-state index contributed by atoms with van der Waals surface area (Å²) in [6, 6.07) is 4.02. The third-order valence-corrected chi connectivity index (χ3v) is 2.91. The zero-order valence-corrected chi connectivity index (χ0v) is 10.4. The van der Waals surface area contributed by atoms with Crippen LogP contribution in [-0.4, -0.2) is 22.0 Å². The highest BCUT2D eigenvalue weighted by molar-refractivity contribution is 5.93. The SMILES string of the molecule is CC1=C(C(=O)O)C(c2cccc([N+](=O)[O-])c2)NC(=O)N1. The normalized spacial score (nSPS) is 18.2. The molecule has 1 unspecified atom stereocenters. The van der Waals surface area contributed by atoms with E-state index < -0.39 is 23.0 Å². The average molecular weight is 277 g/mol. The molecule has 8 nitrogen and oxygen atoms in total. The van der Waals surface area contributed by atoms with E-state index in [1.165, 1.54) is 31.2 Å². The van der Waals surface area contributed by atoms with Crippen LogP contribution in [0.4, 0.5) is 10.5 Å². The molecule has 2 rings (SSSR count). The van der Waals surface area contributed by atoms with E-state index >= 15 is 0 Å². The second kappa shape index (κ2) is 5.00. The number of nitro benzene ring substituents is 1. The van der Waals surface area contributed by atoms with Gasteiger partial charge in [0.15, 0.2) is 0 Å². The van der Waals surface area contributed by atoms with Crippen molar-refractivity contribution in [3.63, 3.8) is 0 Å². The summed E-state index contributed by atoms with van der Waals surface area (Å²) in [6.07, 6.45) is 0. The topological polar surface area (TPSA) is 122 Å². The van der Waals surface area contributed by atoms with Gasteiger partial charge in [-0.05, 0) is 12.5 Å². The zero-order valence-electron chi connectivity index (χ0n) is 10.4. The fraction of sp³-hybridized carbons (Fsp3) is 0.167. The molecule has 1 aliphatic heterocycles. The maximum atomic E-state index is 11.5. The van der Waals surface area contributed by atoms with E-state index in [0.717, 1.165) is 0 Å². The van der Waals surface area contributed by atoms with Gasteiger partial charge in [0.25, 0.3) is 5.69 Å². The average Bonchev–Trinajstić information content (AvgIpc) is 2.37. The Morgan fingerprint density at radius 2 is 2.15 bits per heavy atom. The van der Waals surface area contributed by atoms with Crippen LogP contribution in [0, 0.1) is 10.1 Å². The van der Waals surface area contributed by atoms with Crippen LogP contribution in [0.5, 0.6) is 0 Å². The number of aliphatic carboxylic acids is 1. The Morgan fingerprint density at radius 3 is 2.75 bits per heavy atom. The lowest BCUT2D eigenvalue weighted by atomic mass is 9.95. The van der Waals surface area contributed by atoms with Crippen molar-refractivity contribution in [3.05, 3.63) is 51.2 Å². The molecule has 0 aliphatic carbocycles. The number of rotatable bonds is 3. The van der Waals surface area contributed by atoms with E-state index in [1.54, 1.807) is 0 Å². The second-order valence-electron chi connectivity index (χ2n) is 4.23. The number of nitro groups is 1. The maximum Gasteiger partial charge on any atom is 0.335 e. The number of benzene rings is 1. The van der Waals surface area contributed by atoms with Crippen LogP contribution >= 0.6 is 0 Å². The Kier molecular flexibility index (Phi) is 3.38. The molecule has 20 heavy (non-hydrogen) atoms. The number of carboxylic acid groups (broad SMARTS) is 1. The number of nitrogens with zero attached hydrogens (tertiary/aromatic N) is 1. The number of amides is 2. The molecule has 1 atom stereocenters. The van der Waals surface area contributed by atoms with Crippen LogP contribution in [0.2, 0.25) is 0 Å². The zero-order chi connectivity index (χ0) is 14.9. The van der Waals surface area contributed by atoms with Gasteiger partial charge in [-0.1, -0.05) is 12.1 Å². The third-order valence-electron chi connectivity index (χ3n) is 2.91. The quantitative estimate of drug-likeness (QED) is 0.568. The lowest BCUT2D eigenvalue weighted by Gasteiger charge is -2.26. The summed E-state index contributed by atoms with van der Waals surface area (Å²) in [5, 5.41) is 24.8. The highest BCUT2D eigenvalue weighted by Gasteiger charge is 2.31. The van der Waals surface area contributed by atoms with Gasteiger partial charge < -0.3 is 15.7 Å². The number of carbonyl (C=O) groups is 2. The number of hydrogen-bond acceptors (Lipinski definition) is 4. The van der Waals surface area contributed by atoms with Crippen molar-refractivity contribution in [2.24, 2.45) is 0 Å². The summed E-state index contributed by atoms with van der Waals surface area (Å²) >= 11 is 0. The monoisotopic (exact) mass is 277 g/mol. The van der Waals surface area contributed by atoms with Gasteiger partial charge in [-0.25, -0.2) is 9.59 Å². The minimum Gasteiger partial charge on any atom is -0.478 e. The first-order valence-electron chi connectivity index (χ1n) is 5.66. The van der Waals surface area contributed by atoms with Gasteiger partial charge >= 0.3 is 12.0 Å². The molecule has 1 aromatic carbocycles. The predicted molar refractivity (Wildman–Crippen MR) is 67.8 cm³/mol. The first-order chi connectivity index (χ1) is 9.40. The van der Waals surface area contributed by atoms with Crippen LogP contribution < -0.4 is 10.6 Å². The summed E-state index contributed by atoms with van der Waals surface area (Å²) < 4.78 is 0. The summed E-state index contributed by atoms with van der Waals surface area (Å²) in [6.45, 7) is 1.46. The Hall–Kier alpha value is -2.90. The number of carbonyl (C=O) groups excluding carboxylic acids is 1. The molecule has 2 amide bonds. The molecule has 0 spiro atoms. The molecule has 8 heteroatoms. The molecule has 104 valence electrons. The van der Waals surface area contributed by atoms with E-state index in [4.69, 9.17) is 0 Å². The van der Waals surface area contributed by atoms with Crippen molar-refractivity contribution in [3.8, 4) is 0 Å². The fourth-order valence-electron chi connectivity index (χ4n) is 2.05. The highest BCUT2D eigenvalue weighted by Crippen LogP contribution is 2.28. The summed E-state index contributed by atoms with van der Waals surface area (Å²) in [5.41, 5.74) is 0.325. The molecule has 0 bridgehead atoms. The van der Waals surface area contributed by atoms with Gasteiger partial charge in [-0.15, -0.1) is 0 Å². The Balaban J connectivity index is 2.51. The molecular weight excluding hydrogens is 266 g/mol. The first-order valence-corrected chi connectivity index (χ1v) is 5.66. The smallest absolute Gasteiger partial charge is 0.335 e. The Bertz CT molecular complexity index is 638. The van der Waals surface area contributed by atoms with Gasteiger partial charge in [0.2, 0.25) is 0 Å². The van der Waals surface area contributed by atoms with Gasteiger partial charge in [0.05, 0.1) is 16.5 Å². The van der Waals surface area contributed by atoms with Crippen LogP contribution in [0.15, 0.2) is 35.5 Å². The molecule has 0 radical (unpaired) electrons. The van der Waals surface area contributed by atoms with Crippen molar-refractivity contribution in [2.75, 3.05) is 0 Å². The van der Waals surface area contributed by atoms with Crippen molar-refractivity contribution in [2.45, 2.75) is 13.0 Å². The summed E-state index contributed by atoms with van der Waals surface area (Å²) in [5.74, 6) is -1.20. The van der Waals surface area contributed by atoms with E-state index in [1.807, 2.05) is 0 Å². The number of allylic oxidation sites excluding steroid dienone is 1. The number of nitrogens with one attached hydrogen (secondary N) is 2. The van der Waals surface area contributed by atoms with E-state index in [-0.39, 0.29) is 17.0 Å². The second-order valence-corrected chi connectivity index (χ2v) is 4.23. The van der Waals surface area contributed by atoms with Gasteiger partial charge in [0, 0.05) is 17.8 Å². The van der Waals surface area contributed by atoms with Crippen molar-refractivity contribution >= 4 is 17.7 Å². The molecule has 0 saturated heterocycles. The van der Waals surface area contributed by atoms with Gasteiger partial charge in [0.1, 0.15) is 0 Å². The standard InChI is InChI=1S/C12H11N3O5/c1-6-9(11(16)17)10(14-12(18)13-6)7-3-2-4-8(5-7)15(19)20/h2-5,10H,1H3,(H,16,17)(H2,13,14,18). The summed E-state index contributed by atoms with van der Waals surface area (Å²) in [7, 11) is 0. The molecule has 1 aliphatic rings. The van der Waals surface area contributed by atoms with Crippen LogP contribution in [0.25, 0.3) is 0 Å². The van der Waals surface area contributed by atoms with E-state index in [2.05, 4.69) is 10.6 Å². The minimum absolute atomic E-state index is 0.0508. The molecule has 1 aromatic rings. The molecule has 0 fully saturated rings. The predicted octanol–water partition coefficient (Wildman–Crippen LogP) is 1.31. The number of carboxylic acids is 1.